The number of hydrogen-bond acceptors (Lipinski definition) is 33. The van der Waals surface area contributed by atoms with Crippen molar-refractivity contribution >= 4 is 76.4 Å². The Labute approximate surface area is 759 Å². The summed E-state index contributed by atoms with van der Waals surface area (Å²) in [7, 11) is 0. The maximum Gasteiger partial charge on any atom is 0.330 e. The van der Waals surface area contributed by atoms with E-state index < -0.39 is 316 Å². The number of halogens is 2. The second-order valence-corrected chi connectivity index (χ2v) is 34.0. The predicted molar refractivity (Wildman–Crippen MR) is 453 cm³/mol. The topological polar surface area (TPSA) is 662 Å². The van der Waals surface area contributed by atoms with Crippen LogP contribution < -0.4 is 72.0 Å². The number of amides is 8. The molecule has 9 heterocycles. The third-order valence-corrected chi connectivity index (χ3v) is 24.0. The van der Waals surface area contributed by atoms with Gasteiger partial charge in [-0.25, -0.2) is 4.79 Å². The number of unbranched alkanes of at least 4 members (excludes halogenated alkanes) is 3. The predicted octanol–water partition coefficient (Wildman–Crippen LogP) is 1.02. The summed E-state index contributed by atoms with van der Waals surface area (Å²) in [6.45, 7) is 1.97. The Hall–Kier alpha value is -12.0. The average Bonchev–Trinajstić information content (AvgIpc) is 0.748. The highest BCUT2D eigenvalue weighted by Gasteiger charge is 2.52. The fourth-order valence-electron chi connectivity index (χ4n) is 16.5. The van der Waals surface area contributed by atoms with Crippen molar-refractivity contribution in [2.45, 2.75) is 206 Å². The second kappa shape index (κ2) is 40.6. The van der Waals surface area contributed by atoms with Gasteiger partial charge in [-0.15, -0.1) is 0 Å². The monoisotopic (exact) mass is 1880 g/mol. The molecule has 7 aromatic rings. The zero-order valence-electron chi connectivity index (χ0n) is 70.3. The van der Waals surface area contributed by atoms with Gasteiger partial charge in [0.2, 0.25) is 65.6 Å². The molecule has 42 nitrogen and oxygen atoms in total. The van der Waals surface area contributed by atoms with Gasteiger partial charge in [-0.2, -0.15) is 0 Å². The Morgan fingerprint density at radius 1 is 0.500 bits per heavy atom. The molecule has 23 atom stereocenters. The van der Waals surface area contributed by atoms with E-state index in [4.69, 9.17) is 71.6 Å². The first kappa shape index (κ1) is 96.0. The van der Waals surface area contributed by atoms with E-state index in [1.54, 1.807) is 0 Å². The number of carbonyl (C=O) groups excluding carboxylic acids is 8. The molecule has 0 aliphatic carbocycles. The molecule has 706 valence electrons. The molecule has 132 heavy (non-hydrogen) atoms. The van der Waals surface area contributed by atoms with Gasteiger partial charge < -0.3 is 167 Å². The van der Waals surface area contributed by atoms with E-state index in [2.05, 4.69) is 56.4 Å². The van der Waals surface area contributed by atoms with Gasteiger partial charge in [0.05, 0.1) is 29.9 Å². The summed E-state index contributed by atoms with van der Waals surface area (Å²) in [6, 6.07) is 0.658. The number of rotatable bonds is 19. The van der Waals surface area contributed by atoms with Gasteiger partial charge in [0.1, 0.15) is 156 Å². The lowest BCUT2D eigenvalue weighted by Gasteiger charge is -2.44. The summed E-state index contributed by atoms with van der Waals surface area (Å²) >= 11 is 14.7. The van der Waals surface area contributed by atoms with Gasteiger partial charge in [-0.05, 0) is 125 Å². The number of carboxylic acids is 1. The minimum Gasteiger partial charge on any atom is -0.508 e. The molecule has 16 rings (SSSR count). The lowest BCUT2D eigenvalue weighted by molar-refractivity contribution is -0.284. The molecular weight excluding hydrogens is 1780 g/mol. The summed E-state index contributed by atoms with van der Waals surface area (Å²) in [5.74, 6) is -19.2. The molecule has 0 saturated carbocycles. The van der Waals surface area contributed by atoms with Crippen LogP contribution in [0.2, 0.25) is 10.0 Å². The lowest BCUT2D eigenvalue weighted by Crippen LogP contribution is -2.65. The van der Waals surface area contributed by atoms with E-state index in [9.17, 15) is 95.8 Å². The van der Waals surface area contributed by atoms with E-state index >= 15 is 24.0 Å². The zero-order valence-corrected chi connectivity index (χ0v) is 71.8. The van der Waals surface area contributed by atoms with E-state index in [0.29, 0.717) is 18.8 Å². The molecule has 0 radical (unpaired) electrons. The molecule has 1 unspecified atom stereocenters. The highest BCUT2D eigenvalue weighted by Crippen LogP contribution is 2.51. The van der Waals surface area contributed by atoms with Crippen LogP contribution in [0.3, 0.4) is 0 Å². The quantitative estimate of drug-likeness (QED) is 0.0503. The smallest absolute Gasteiger partial charge is 0.330 e. The number of aromatic hydroxyl groups is 4. The number of hydrogen-bond donors (Lipinski definition) is 24. The van der Waals surface area contributed by atoms with Crippen molar-refractivity contribution in [1.29, 1.82) is 0 Å². The number of ether oxygens (including phenoxy) is 9. The number of phenolic OH excluding ortho intramolecular Hbond substituents is 4. The minimum atomic E-state index is -2.59. The highest BCUT2D eigenvalue weighted by molar-refractivity contribution is 6.32. The van der Waals surface area contributed by atoms with Crippen LogP contribution in [0.5, 0.6) is 69.0 Å². The first-order valence-electron chi connectivity index (χ1n) is 42.0. The minimum absolute atomic E-state index is 0.0267. The van der Waals surface area contributed by atoms with Crippen molar-refractivity contribution in [3.8, 4) is 80.1 Å². The second-order valence-electron chi connectivity index (χ2n) is 33.2. The van der Waals surface area contributed by atoms with Gasteiger partial charge in [-0.1, -0.05) is 87.0 Å². The molecule has 9 aliphatic heterocycles. The van der Waals surface area contributed by atoms with Gasteiger partial charge in [0, 0.05) is 48.6 Å². The molecule has 0 spiro atoms. The summed E-state index contributed by atoms with van der Waals surface area (Å²) in [5, 5.41) is 190. The van der Waals surface area contributed by atoms with E-state index in [0.717, 1.165) is 111 Å². The van der Waals surface area contributed by atoms with Gasteiger partial charge in [0.15, 0.2) is 35.3 Å². The number of carbonyl (C=O) groups is 9. The average molecular weight is 1880 g/mol. The van der Waals surface area contributed by atoms with Crippen molar-refractivity contribution in [1.82, 2.24) is 42.5 Å². The Morgan fingerprint density at radius 2 is 1.05 bits per heavy atom. The number of fused-ring (bicyclic) bond motifs is 14. The van der Waals surface area contributed by atoms with Crippen LogP contribution in [0.4, 0.5) is 0 Å². The number of nitrogens with two attached hydrogens (primary N) is 1. The maximum atomic E-state index is 17.0. The van der Waals surface area contributed by atoms with Crippen molar-refractivity contribution < 1.29 is 162 Å². The van der Waals surface area contributed by atoms with Crippen LogP contribution in [0.15, 0.2) is 115 Å². The van der Waals surface area contributed by atoms with Gasteiger partial charge in [-0.3, -0.25) is 38.4 Å². The molecule has 3 saturated heterocycles. The fourth-order valence-corrected chi connectivity index (χ4v) is 16.9. The summed E-state index contributed by atoms with van der Waals surface area (Å²) in [6.07, 6.45) is -25.9. The normalized spacial score (nSPS) is 28.9. The van der Waals surface area contributed by atoms with E-state index in [1.807, 2.05) is 0 Å². The standard InChI is InChI=1S/C88H97Cl2N9O33/c1-33(2)8-6-4-5-7-9-60(108)94-68-74(113)71(110)58(31-101)129-87(68)132-78-55-25-40-26-56(78)126-52-17-13-38(23-47(52)90)77(131-86-67(92-34(3)103)73(112)70(109)57(30-100)128-86)69-84(121)98-66(85(122)123)45-28-42(105)29-54(127-88-76(115)75(114)72(111)59(32-102)130-88)61(45)44-22-37(12-14-49(44)106)63(81(118)99-69)96-83(120)65(40)97-82(119)64-39-20-41(104)27-43(21-39)124-53-24-36(11-15-50(53)107)62(91)80(117)93-48(79(116)95-64)19-35-10-16-51(125-55)46(89)18-35/h10-18,20-29,33,48,57-59,62-77,86-88,100-102,104-107,109-115H,4-9,19,30-32,91H2,1-3H3,(H,92,103)(H,93,117)(H,94,108)(H,95,116)(H,96,120)(H,97,119)(H,98,121)(H,99,118)(H,122,123)/t48-,57-,58-,59-,62+,63-,64+,65-,66+,67-,68-,69+,70-,71-,72-,73-,74-,75+,76+,77?,86+,87+,88+/m1/s1. The van der Waals surface area contributed by atoms with Crippen LogP contribution in [0, 0.1) is 5.92 Å². The summed E-state index contributed by atoms with van der Waals surface area (Å²) in [5.41, 5.74) is 2.79. The molecule has 3 fully saturated rings. The van der Waals surface area contributed by atoms with Crippen LogP contribution in [0.25, 0.3) is 11.1 Å². The number of carboxylic acid groups (broad SMARTS) is 1. The Morgan fingerprint density at radius 3 is 1.68 bits per heavy atom. The number of aliphatic carboxylic acids is 1. The molecule has 9 aliphatic rings. The number of benzene rings is 7. The van der Waals surface area contributed by atoms with Crippen molar-refractivity contribution in [2.75, 3.05) is 19.8 Å². The van der Waals surface area contributed by atoms with Crippen LogP contribution >= 0.6 is 23.2 Å². The first-order valence-corrected chi connectivity index (χ1v) is 42.7. The number of phenols is 4. The van der Waals surface area contributed by atoms with E-state index in [-0.39, 0.29) is 39.8 Å². The van der Waals surface area contributed by atoms with Gasteiger partial charge >= 0.3 is 5.97 Å². The fraction of sp³-hybridized carbons (Fsp3) is 0.420. The summed E-state index contributed by atoms with van der Waals surface area (Å²) < 4.78 is 57.5. The van der Waals surface area contributed by atoms with Gasteiger partial charge in [0.25, 0.3) is 0 Å². The van der Waals surface area contributed by atoms with Crippen LogP contribution in [-0.2, 0) is 68.5 Å². The van der Waals surface area contributed by atoms with Crippen molar-refractivity contribution in [3.63, 3.8) is 0 Å². The largest absolute Gasteiger partial charge is 0.508 e. The molecule has 7 aromatic carbocycles. The Kier molecular flexibility index (Phi) is 29.5. The van der Waals surface area contributed by atoms with Crippen molar-refractivity contribution in [3.05, 3.63) is 164 Å². The first-order chi connectivity index (χ1) is 62.9. The van der Waals surface area contributed by atoms with Crippen molar-refractivity contribution in [2.24, 2.45) is 11.7 Å². The molecular formula is C88H97Cl2N9O33. The lowest BCUT2D eigenvalue weighted by atomic mass is 9.89. The van der Waals surface area contributed by atoms with Crippen LogP contribution in [0.1, 0.15) is 135 Å². The molecule has 0 aromatic heterocycles. The Bertz CT molecular complexity index is 5560. The Balaban J connectivity index is 1.04. The molecule has 8 amide bonds. The third kappa shape index (κ3) is 20.7. The number of aliphatic hydroxyl groups excluding tert-OH is 10. The molecule has 25 N–H and O–H groups in total. The highest BCUT2D eigenvalue weighted by atomic mass is 35.5. The molecule has 17 bridgehead atoms. The number of aliphatic hydroxyl groups is 10. The number of nitrogens with one attached hydrogen (secondary N) is 8. The summed E-state index contributed by atoms with van der Waals surface area (Å²) in [4.78, 5) is 138. The third-order valence-electron chi connectivity index (χ3n) is 23.4. The molecule has 44 heteroatoms. The zero-order chi connectivity index (χ0) is 94.9. The van der Waals surface area contributed by atoms with E-state index in [1.165, 1.54) is 30.3 Å². The van der Waals surface area contributed by atoms with Crippen LogP contribution in [-0.4, -0.2) is 254 Å². The maximum absolute atomic E-state index is 17.0. The SMILES string of the molecule is CC(=O)N[C@H]1[C@H](OC2c3ccc(c(Cl)c3)Oc3cc4cc(c3O[C@@H]3O[C@H](CO)[C@@H](O)[C@H](O)[C@H]3NC(=O)CCCCCCC(C)C)Oc3ccc(cc3Cl)C[C@H]3NC(=O)[C@@H](N)c5ccc(O)c(c5)Oc5cc(O)cc(c5)[C@H](NC3=O)C(=O)N[C@H]4C(=O)N[C@H]3C(=O)N[C@@H]2C(=O)N[C@H](C(=O)O)c2cc(O)cc(O[C@H]4O[C@H](CO)[C@@H](O)[C@H](O)[C@@H]4O)c2-c2cc3ccc2O)O[C@H](CO)[C@@H](O)[C@@H]1O.